The summed E-state index contributed by atoms with van der Waals surface area (Å²) < 4.78 is 12.7. The molecule has 2 atom stereocenters. The number of halogens is 1. The van der Waals surface area contributed by atoms with Crippen LogP contribution in [-0.4, -0.2) is 23.8 Å². The Kier molecular flexibility index (Phi) is 3.91. The molecule has 0 radical (unpaired) electrons. The molecule has 0 saturated heterocycles. The van der Waals surface area contributed by atoms with Crippen LogP contribution in [0.15, 0.2) is 24.3 Å². The molecule has 0 aromatic heterocycles. The Labute approximate surface area is 95.5 Å². The molecule has 16 heavy (non-hydrogen) atoms. The van der Waals surface area contributed by atoms with Crippen LogP contribution in [0.5, 0.6) is 0 Å². The number of nitrogens with one attached hydrogen (secondary N) is 1. The van der Waals surface area contributed by atoms with E-state index in [1.807, 2.05) is 12.1 Å². The molecule has 0 aliphatic heterocycles. The monoisotopic (exact) mass is 223 g/mol. The molecule has 0 amide bonds. The standard InChI is InChI=1S/C13H18FNO/c14-11-6-4-10(5-7-11)8-9-15-12-2-1-3-13(12)16/h4-7,12-13,15-16H,1-3,8-9H2. The van der Waals surface area contributed by atoms with E-state index in [1.165, 1.54) is 12.1 Å². The third kappa shape index (κ3) is 3.03. The van der Waals surface area contributed by atoms with Gasteiger partial charge in [-0.05, 0) is 49.9 Å². The summed E-state index contributed by atoms with van der Waals surface area (Å²) in [5.74, 6) is -0.192. The van der Waals surface area contributed by atoms with Crippen molar-refractivity contribution >= 4 is 0 Å². The zero-order chi connectivity index (χ0) is 11.4. The van der Waals surface area contributed by atoms with Gasteiger partial charge in [-0.2, -0.15) is 0 Å². The number of benzene rings is 1. The molecule has 0 heterocycles. The van der Waals surface area contributed by atoms with Crippen molar-refractivity contribution in [3.63, 3.8) is 0 Å². The van der Waals surface area contributed by atoms with E-state index >= 15 is 0 Å². The third-order valence-corrected chi connectivity index (χ3v) is 3.21. The molecule has 2 nitrogen and oxygen atoms in total. The minimum atomic E-state index is -0.192. The topological polar surface area (TPSA) is 32.3 Å². The molecular weight excluding hydrogens is 205 g/mol. The average Bonchev–Trinajstić information content (AvgIpc) is 2.68. The fourth-order valence-electron chi connectivity index (χ4n) is 2.23. The predicted molar refractivity (Wildman–Crippen MR) is 61.8 cm³/mol. The van der Waals surface area contributed by atoms with Crippen LogP contribution in [0.2, 0.25) is 0 Å². The van der Waals surface area contributed by atoms with Gasteiger partial charge in [0.2, 0.25) is 0 Å². The van der Waals surface area contributed by atoms with Crippen LogP contribution in [0, 0.1) is 5.82 Å². The van der Waals surface area contributed by atoms with Crippen molar-refractivity contribution in [1.29, 1.82) is 0 Å². The van der Waals surface area contributed by atoms with Crippen molar-refractivity contribution in [2.75, 3.05) is 6.54 Å². The lowest BCUT2D eigenvalue weighted by atomic mass is 10.1. The smallest absolute Gasteiger partial charge is 0.123 e. The predicted octanol–water partition coefficient (Wildman–Crippen LogP) is 1.87. The first-order chi connectivity index (χ1) is 7.75. The van der Waals surface area contributed by atoms with E-state index in [-0.39, 0.29) is 18.0 Å². The first-order valence-electron chi connectivity index (χ1n) is 5.91. The number of hydrogen-bond donors (Lipinski definition) is 2. The van der Waals surface area contributed by atoms with E-state index in [2.05, 4.69) is 5.32 Å². The van der Waals surface area contributed by atoms with Crippen LogP contribution in [0.1, 0.15) is 24.8 Å². The zero-order valence-corrected chi connectivity index (χ0v) is 9.32. The van der Waals surface area contributed by atoms with Crippen molar-refractivity contribution in [2.24, 2.45) is 0 Å². The highest BCUT2D eigenvalue weighted by molar-refractivity contribution is 5.16. The molecule has 1 aromatic carbocycles. The number of hydrogen-bond acceptors (Lipinski definition) is 2. The van der Waals surface area contributed by atoms with Crippen LogP contribution >= 0.6 is 0 Å². The van der Waals surface area contributed by atoms with Gasteiger partial charge in [0.05, 0.1) is 6.10 Å². The highest BCUT2D eigenvalue weighted by atomic mass is 19.1. The maximum absolute atomic E-state index is 12.7. The van der Waals surface area contributed by atoms with E-state index in [0.29, 0.717) is 0 Å². The number of aliphatic hydroxyl groups is 1. The van der Waals surface area contributed by atoms with Crippen LogP contribution in [0.4, 0.5) is 4.39 Å². The summed E-state index contributed by atoms with van der Waals surface area (Å²) in [6.07, 6.45) is 3.77. The second kappa shape index (κ2) is 5.41. The lowest BCUT2D eigenvalue weighted by Crippen LogP contribution is -2.36. The summed E-state index contributed by atoms with van der Waals surface area (Å²) in [5, 5.41) is 13.0. The van der Waals surface area contributed by atoms with Crippen LogP contribution in [0.3, 0.4) is 0 Å². The summed E-state index contributed by atoms with van der Waals surface area (Å²) in [7, 11) is 0. The first-order valence-corrected chi connectivity index (χ1v) is 5.91. The Hall–Kier alpha value is -0.930. The molecule has 2 unspecified atom stereocenters. The van der Waals surface area contributed by atoms with Gasteiger partial charge in [0.15, 0.2) is 0 Å². The van der Waals surface area contributed by atoms with E-state index in [1.54, 1.807) is 0 Å². The quantitative estimate of drug-likeness (QED) is 0.816. The molecule has 1 aliphatic carbocycles. The van der Waals surface area contributed by atoms with Gasteiger partial charge in [-0.1, -0.05) is 12.1 Å². The highest BCUT2D eigenvalue weighted by Crippen LogP contribution is 2.18. The summed E-state index contributed by atoms with van der Waals surface area (Å²) in [5.41, 5.74) is 1.13. The van der Waals surface area contributed by atoms with Crippen molar-refractivity contribution in [2.45, 2.75) is 37.8 Å². The van der Waals surface area contributed by atoms with Crippen LogP contribution < -0.4 is 5.32 Å². The molecule has 1 saturated carbocycles. The number of rotatable bonds is 4. The summed E-state index contributed by atoms with van der Waals surface area (Å²) in [4.78, 5) is 0. The van der Waals surface area contributed by atoms with E-state index in [0.717, 1.165) is 37.8 Å². The van der Waals surface area contributed by atoms with Crippen molar-refractivity contribution in [3.05, 3.63) is 35.6 Å². The molecule has 1 aromatic rings. The summed E-state index contributed by atoms with van der Waals surface area (Å²) in [6, 6.07) is 6.84. The maximum Gasteiger partial charge on any atom is 0.123 e. The minimum absolute atomic E-state index is 0.187. The van der Waals surface area contributed by atoms with Gasteiger partial charge >= 0.3 is 0 Å². The SMILES string of the molecule is OC1CCCC1NCCc1ccc(F)cc1. The van der Waals surface area contributed by atoms with Crippen LogP contribution in [0.25, 0.3) is 0 Å². The Balaban J connectivity index is 1.73. The highest BCUT2D eigenvalue weighted by Gasteiger charge is 2.23. The van der Waals surface area contributed by atoms with Crippen molar-refractivity contribution in [3.8, 4) is 0 Å². The Morgan fingerprint density at radius 3 is 2.62 bits per heavy atom. The molecule has 2 N–H and O–H groups in total. The fraction of sp³-hybridized carbons (Fsp3) is 0.538. The van der Waals surface area contributed by atoms with E-state index < -0.39 is 0 Å². The second-order valence-electron chi connectivity index (χ2n) is 4.44. The molecular formula is C13H18FNO. The average molecular weight is 223 g/mol. The molecule has 0 spiro atoms. The molecule has 1 aliphatic rings. The number of aliphatic hydroxyl groups excluding tert-OH is 1. The van der Waals surface area contributed by atoms with E-state index in [4.69, 9.17) is 0 Å². The summed E-state index contributed by atoms with van der Waals surface area (Å²) in [6.45, 7) is 0.841. The van der Waals surface area contributed by atoms with Gasteiger partial charge in [-0.25, -0.2) is 4.39 Å². The van der Waals surface area contributed by atoms with Crippen molar-refractivity contribution < 1.29 is 9.50 Å². The van der Waals surface area contributed by atoms with Gasteiger partial charge in [-0.3, -0.25) is 0 Å². The molecule has 3 heteroatoms. The van der Waals surface area contributed by atoms with Gasteiger partial charge < -0.3 is 10.4 Å². The normalized spacial score (nSPS) is 24.9. The minimum Gasteiger partial charge on any atom is -0.392 e. The molecule has 1 fully saturated rings. The largest absolute Gasteiger partial charge is 0.392 e. The zero-order valence-electron chi connectivity index (χ0n) is 9.32. The summed E-state index contributed by atoms with van der Waals surface area (Å²) >= 11 is 0. The Morgan fingerprint density at radius 2 is 2.00 bits per heavy atom. The van der Waals surface area contributed by atoms with Gasteiger partial charge in [0.1, 0.15) is 5.82 Å². The lowest BCUT2D eigenvalue weighted by molar-refractivity contribution is 0.149. The Morgan fingerprint density at radius 1 is 1.25 bits per heavy atom. The van der Waals surface area contributed by atoms with Gasteiger partial charge in [0.25, 0.3) is 0 Å². The third-order valence-electron chi connectivity index (χ3n) is 3.21. The van der Waals surface area contributed by atoms with Crippen molar-refractivity contribution in [1.82, 2.24) is 5.32 Å². The Bertz CT molecular complexity index is 325. The van der Waals surface area contributed by atoms with Gasteiger partial charge in [-0.15, -0.1) is 0 Å². The molecule has 2 rings (SSSR count). The van der Waals surface area contributed by atoms with Gasteiger partial charge in [0, 0.05) is 6.04 Å². The first kappa shape index (κ1) is 11.6. The second-order valence-corrected chi connectivity index (χ2v) is 4.44. The van der Waals surface area contributed by atoms with Crippen LogP contribution in [-0.2, 0) is 6.42 Å². The lowest BCUT2D eigenvalue weighted by Gasteiger charge is -2.16. The fourth-order valence-corrected chi connectivity index (χ4v) is 2.23. The molecule has 0 bridgehead atoms. The maximum atomic E-state index is 12.7. The van der Waals surface area contributed by atoms with E-state index in [9.17, 15) is 9.50 Å². The molecule has 88 valence electrons.